The van der Waals surface area contributed by atoms with Gasteiger partial charge in [0.25, 0.3) is 0 Å². The Morgan fingerprint density at radius 1 is 1.03 bits per heavy atom. The monoisotopic (exact) mass is 480 g/mol. The van der Waals surface area contributed by atoms with Gasteiger partial charge >= 0.3 is 0 Å². The molecule has 0 radical (unpaired) electrons. The number of hydrogen-bond acceptors (Lipinski definition) is 3. The Balaban J connectivity index is 2.06. The zero-order chi connectivity index (χ0) is 22.8. The van der Waals surface area contributed by atoms with E-state index in [1.807, 2.05) is 63.2 Å². The van der Waals surface area contributed by atoms with Gasteiger partial charge < -0.3 is 10.2 Å². The van der Waals surface area contributed by atoms with E-state index in [-0.39, 0.29) is 17.9 Å². The summed E-state index contributed by atoms with van der Waals surface area (Å²) in [4.78, 5) is 27.6. The highest BCUT2D eigenvalue weighted by atomic mass is 35.5. The fourth-order valence-electron chi connectivity index (χ4n) is 3.25. The summed E-state index contributed by atoms with van der Waals surface area (Å²) in [7, 11) is 0. The van der Waals surface area contributed by atoms with Crippen molar-refractivity contribution in [2.75, 3.05) is 12.3 Å². The van der Waals surface area contributed by atoms with Gasteiger partial charge in [0.2, 0.25) is 11.8 Å². The van der Waals surface area contributed by atoms with Gasteiger partial charge in [-0.05, 0) is 49.9 Å². The van der Waals surface area contributed by atoms with Crippen LogP contribution in [0, 0.1) is 0 Å². The van der Waals surface area contributed by atoms with E-state index in [2.05, 4.69) is 5.32 Å². The average molecular weight is 481 g/mol. The molecule has 0 aromatic heterocycles. The van der Waals surface area contributed by atoms with Crippen LogP contribution in [-0.2, 0) is 21.8 Å². The van der Waals surface area contributed by atoms with Crippen molar-refractivity contribution in [3.05, 3.63) is 69.7 Å². The van der Waals surface area contributed by atoms with Crippen LogP contribution in [0.5, 0.6) is 0 Å². The number of thioether (sulfide) groups is 1. The quantitative estimate of drug-likeness (QED) is 0.455. The van der Waals surface area contributed by atoms with Crippen LogP contribution in [0.1, 0.15) is 38.3 Å². The predicted molar refractivity (Wildman–Crippen MR) is 132 cm³/mol. The Kier molecular flexibility index (Phi) is 10.7. The first-order valence-corrected chi connectivity index (χ1v) is 12.4. The van der Waals surface area contributed by atoms with Gasteiger partial charge in [0.15, 0.2) is 0 Å². The SMILES string of the molecule is CCC(C(=O)NC(C)C)N(CCc1ccccc1)C(=O)CSCc1ccc(Cl)c(Cl)c1. The minimum Gasteiger partial charge on any atom is -0.352 e. The molecule has 0 aliphatic heterocycles. The molecule has 31 heavy (non-hydrogen) atoms. The molecule has 4 nitrogen and oxygen atoms in total. The Hall–Kier alpha value is -1.69. The third-order valence-electron chi connectivity index (χ3n) is 4.78. The fraction of sp³-hybridized carbons (Fsp3) is 0.417. The van der Waals surface area contributed by atoms with E-state index in [4.69, 9.17) is 23.2 Å². The van der Waals surface area contributed by atoms with Gasteiger partial charge in [0.1, 0.15) is 6.04 Å². The Bertz CT molecular complexity index is 862. The lowest BCUT2D eigenvalue weighted by Crippen LogP contribution is -2.51. The Morgan fingerprint density at radius 3 is 2.35 bits per heavy atom. The van der Waals surface area contributed by atoms with E-state index in [0.717, 1.165) is 11.1 Å². The number of nitrogens with one attached hydrogen (secondary N) is 1. The zero-order valence-electron chi connectivity index (χ0n) is 18.2. The lowest BCUT2D eigenvalue weighted by molar-refractivity contribution is -0.139. The first-order chi connectivity index (χ1) is 14.8. The molecule has 0 aliphatic rings. The average Bonchev–Trinajstić information content (AvgIpc) is 2.73. The van der Waals surface area contributed by atoms with Gasteiger partial charge in [-0.1, -0.05) is 66.5 Å². The number of carbonyl (C=O) groups excluding carboxylic acids is 2. The molecular weight excluding hydrogens is 451 g/mol. The fourth-order valence-corrected chi connectivity index (χ4v) is 4.42. The second-order valence-corrected chi connectivity index (χ2v) is 9.45. The molecule has 2 amide bonds. The molecule has 0 spiro atoms. The number of benzene rings is 2. The van der Waals surface area contributed by atoms with Crippen molar-refractivity contribution in [3.63, 3.8) is 0 Å². The largest absolute Gasteiger partial charge is 0.352 e. The van der Waals surface area contributed by atoms with Crippen LogP contribution in [0.2, 0.25) is 10.0 Å². The highest BCUT2D eigenvalue weighted by Crippen LogP contribution is 2.25. The van der Waals surface area contributed by atoms with E-state index in [0.29, 0.717) is 40.9 Å². The molecule has 0 bridgehead atoms. The van der Waals surface area contributed by atoms with E-state index in [9.17, 15) is 9.59 Å². The molecule has 0 aliphatic carbocycles. The molecule has 1 unspecified atom stereocenters. The Labute approximate surface area is 199 Å². The van der Waals surface area contributed by atoms with E-state index >= 15 is 0 Å². The van der Waals surface area contributed by atoms with Gasteiger partial charge in [-0.3, -0.25) is 9.59 Å². The van der Waals surface area contributed by atoms with Gasteiger partial charge in [-0.2, -0.15) is 0 Å². The van der Waals surface area contributed by atoms with Crippen molar-refractivity contribution in [1.29, 1.82) is 0 Å². The molecule has 2 rings (SSSR count). The summed E-state index contributed by atoms with van der Waals surface area (Å²) < 4.78 is 0. The minimum absolute atomic E-state index is 0.0247. The van der Waals surface area contributed by atoms with Crippen molar-refractivity contribution < 1.29 is 9.59 Å². The maximum absolute atomic E-state index is 13.1. The number of carbonyl (C=O) groups is 2. The van der Waals surface area contributed by atoms with Crippen LogP contribution in [0.4, 0.5) is 0 Å². The molecule has 2 aromatic carbocycles. The smallest absolute Gasteiger partial charge is 0.242 e. The van der Waals surface area contributed by atoms with Gasteiger partial charge in [-0.25, -0.2) is 0 Å². The van der Waals surface area contributed by atoms with Crippen molar-refractivity contribution in [2.24, 2.45) is 0 Å². The van der Waals surface area contributed by atoms with Crippen molar-refractivity contribution in [3.8, 4) is 0 Å². The number of nitrogens with zero attached hydrogens (tertiary/aromatic N) is 1. The summed E-state index contributed by atoms with van der Waals surface area (Å²) >= 11 is 13.6. The molecular formula is C24H30Cl2N2O2S. The maximum atomic E-state index is 13.1. The molecule has 0 heterocycles. The van der Waals surface area contributed by atoms with E-state index in [1.165, 1.54) is 11.8 Å². The van der Waals surface area contributed by atoms with E-state index < -0.39 is 6.04 Å². The van der Waals surface area contributed by atoms with Crippen LogP contribution >= 0.6 is 35.0 Å². The summed E-state index contributed by atoms with van der Waals surface area (Å²) in [5.41, 5.74) is 2.15. The zero-order valence-corrected chi connectivity index (χ0v) is 20.6. The highest BCUT2D eigenvalue weighted by Gasteiger charge is 2.28. The van der Waals surface area contributed by atoms with Crippen LogP contribution < -0.4 is 5.32 Å². The minimum atomic E-state index is -0.482. The molecule has 0 saturated carbocycles. The summed E-state index contributed by atoms with van der Waals surface area (Å²) in [5, 5.41) is 3.97. The Morgan fingerprint density at radius 2 is 1.74 bits per heavy atom. The molecule has 7 heteroatoms. The van der Waals surface area contributed by atoms with E-state index in [1.54, 1.807) is 11.0 Å². The second kappa shape index (κ2) is 13.0. The van der Waals surface area contributed by atoms with Gasteiger partial charge in [0.05, 0.1) is 15.8 Å². The summed E-state index contributed by atoms with van der Waals surface area (Å²) in [6.45, 7) is 6.29. The summed E-state index contributed by atoms with van der Waals surface area (Å²) in [5.74, 6) is 0.796. The number of hydrogen-bond donors (Lipinski definition) is 1. The molecule has 1 atom stereocenters. The highest BCUT2D eigenvalue weighted by molar-refractivity contribution is 7.99. The third-order valence-corrected chi connectivity index (χ3v) is 6.51. The predicted octanol–water partition coefficient (Wildman–Crippen LogP) is 5.60. The van der Waals surface area contributed by atoms with Crippen LogP contribution in [0.3, 0.4) is 0 Å². The summed E-state index contributed by atoms with van der Waals surface area (Å²) in [6.07, 6.45) is 1.27. The van der Waals surface area contributed by atoms with Crippen molar-refractivity contribution >= 4 is 46.8 Å². The topological polar surface area (TPSA) is 49.4 Å². The molecule has 168 valence electrons. The number of amides is 2. The standard InChI is InChI=1S/C24H30Cl2N2O2S/c1-4-22(24(30)27-17(2)3)28(13-12-18-8-6-5-7-9-18)23(29)16-31-15-19-10-11-20(25)21(26)14-19/h5-11,14,17,22H,4,12-13,15-16H2,1-3H3,(H,27,30). The lowest BCUT2D eigenvalue weighted by atomic mass is 10.1. The third kappa shape index (κ3) is 8.40. The lowest BCUT2D eigenvalue weighted by Gasteiger charge is -2.31. The maximum Gasteiger partial charge on any atom is 0.242 e. The molecule has 1 N–H and O–H groups in total. The van der Waals surface area contributed by atoms with Crippen LogP contribution in [0.15, 0.2) is 48.5 Å². The van der Waals surface area contributed by atoms with Gasteiger partial charge in [-0.15, -0.1) is 11.8 Å². The first kappa shape index (κ1) is 25.6. The number of rotatable bonds is 11. The van der Waals surface area contributed by atoms with Crippen molar-refractivity contribution in [2.45, 2.75) is 51.4 Å². The number of halogens is 2. The summed E-state index contributed by atoms with van der Waals surface area (Å²) in [6, 6.07) is 15.0. The first-order valence-electron chi connectivity index (χ1n) is 10.5. The second-order valence-electron chi connectivity index (χ2n) is 7.65. The molecule has 2 aromatic rings. The van der Waals surface area contributed by atoms with Crippen LogP contribution in [-0.4, -0.2) is 41.1 Å². The van der Waals surface area contributed by atoms with Crippen molar-refractivity contribution in [1.82, 2.24) is 10.2 Å². The molecule has 0 fully saturated rings. The normalized spacial score (nSPS) is 11.9. The molecule has 0 saturated heterocycles. The van der Waals surface area contributed by atoms with Gasteiger partial charge in [0, 0.05) is 18.3 Å². The van der Waals surface area contributed by atoms with Crippen LogP contribution in [0.25, 0.3) is 0 Å².